The smallest absolute Gasteiger partial charge is 0.408 e. The van der Waals surface area contributed by atoms with Crippen molar-refractivity contribution < 1.29 is 38.7 Å². The van der Waals surface area contributed by atoms with Gasteiger partial charge in [-0.05, 0) is 44.0 Å². The summed E-state index contributed by atoms with van der Waals surface area (Å²) < 4.78 is 10.6. The highest BCUT2D eigenvalue weighted by Crippen LogP contribution is 2.39. The van der Waals surface area contributed by atoms with Gasteiger partial charge < -0.3 is 30.1 Å². The fourth-order valence-corrected chi connectivity index (χ4v) is 5.75. The molecular formula is C27H30N4O9S. The molecule has 4 rings (SSSR count). The Bertz CT molecular complexity index is 1320. The van der Waals surface area contributed by atoms with Crippen molar-refractivity contribution in [2.75, 3.05) is 5.75 Å². The zero-order valence-electron chi connectivity index (χ0n) is 22.5. The lowest BCUT2D eigenvalue weighted by atomic mass is 9.98. The Morgan fingerprint density at radius 1 is 1.15 bits per heavy atom. The van der Waals surface area contributed by atoms with Crippen molar-refractivity contribution in [3.05, 3.63) is 75.8 Å². The number of ether oxygens (including phenoxy) is 2. The van der Waals surface area contributed by atoms with Crippen LogP contribution in [-0.2, 0) is 30.5 Å². The third kappa shape index (κ3) is 6.95. The molecule has 2 aromatic rings. The molecule has 0 bridgehead atoms. The number of carbonyl (C=O) groups is 4. The SMILES string of the molecule is CC(C)(C)OC(=O)N[C@@H](C(=O)N[C@@H]1C(=O)N2C(C(=O)OCc3ccc([N+](=O)[O-])cc3)C(O)CS[C@H]12)c1ccccc1. The molecule has 14 heteroatoms. The minimum Gasteiger partial charge on any atom is -0.459 e. The van der Waals surface area contributed by atoms with Gasteiger partial charge in [0.1, 0.15) is 29.7 Å². The molecule has 41 heavy (non-hydrogen) atoms. The number of nitro groups is 1. The highest BCUT2D eigenvalue weighted by molar-refractivity contribution is 8.00. The number of nitrogens with one attached hydrogen (secondary N) is 2. The molecule has 3 N–H and O–H groups in total. The maximum absolute atomic E-state index is 13.3. The van der Waals surface area contributed by atoms with Gasteiger partial charge >= 0.3 is 12.1 Å². The van der Waals surface area contributed by atoms with Crippen LogP contribution in [0.1, 0.15) is 37.9 Å². The standard InChI is InChI=1S/C27H30N4O9S/c1-27(2,3)40-26(36)29-19(16-7-5-4-6-8-16)22(33)28-20-23(34)30-21(18(32)14-41-24(20)30)25(35)39-13-15-9-11-17(12-10-15)31(37)38/h4-12,18-21,24,32H,13-14H2,1-3H3,(H,28,33)(H,29,36)/t18?,19-,20-,21?,24-/m1/s1. The number of β-lactam (4-membered cyclic amide) rings is 1. The van der Waals surface area contributed by atoms with E-state index in [0.717, 1.165) is 0 Å². The van der Waals surface area contributed by atoms with E-state index in [0.29, 0.717) is 11.1 Å². The van der Waals surface area contributed by atoms with Crippen LogP contribution in [0.2, 0.25) is 0 Å². The van der Waals surface area contributed by atoms with Crippen LogP contribution in [0.4, 0.5) is 10.5 Å². The number of benzene rings is 2. The van der Waals surface area contributed by atoms with E-state index >= 15 is 0 Å². The predicted octanol–water partition coefficient (Wildman–Crippen LogP) is 2.03. The van der Waals surface area contributed by atoms with Crippen LogP contribution in [0, 0.1) is 10.1 Å². The number of rotatable bonds is 8. The highest BCUT2D eigenvalue weighted by atomic mass is 32.2. The van der Waals surface area contributed by atoms with Crippen molar-refractivity contribution in [1.29, 1.82) is 0 Å². The Morgan fingerprint density at radius 2 is 1.80 bits per heavy atom. The average Bonchev–Trinajstić information content (AvgIpc) is 2.92. The number of carbonyl (C=O) groups excluding carboxylic acids is 4. The Kier molecular flexibility index (Phi) is 8.83. The number of alkyl carbamates (subject to hydrolysis) is 1. The number of esters is 1. The summed E-state index contributed by atoms with van der Waals surface area (Å²) in [5, 5.41) is 25.9. The first-order valence-corrected chi connectivity index (χ1v) is 13.8. The van der Waals surface area contributed by atoms with Crippen molar-refractivity contribution in [3.8, 4) is 0 Å². The van der Waals surface area contributed by atoms with Gasteiger partial charge in [0.05, 0.1) is 11.0 Å². The normalized spacial score (nSPS) is 22.4. The molecule has 2 heterocycles. The van der Waals surface area contributed by atoms with Gasteiger partial charge in [0.15, 0.2) is 6.04 Å². The molecule has 0 saturated carbocycles. The molecule has 218 valence electrons. The third-order valence-electron chi connectivity index (χ3n) is 6.31. The molecule has 0 spiro atoms. The number of thioether (sulfide) groups is 1. The molecule has 2 aromatic carbocycles. The number of aliphatic hydroxyl groups excluding tert-OH is 1. The van der Waals surface area contributed by atoms with Crippen LogP contribution in [0.3, 0.4) is 0 Å². The van der Waals surface area contributed by atoms with Gasteiger partial charge in [-0.15, -0.1) is 11.8 Å². The minimum atomic E-state index is -1.29. The lowest BCUT2D eigenvalue weighted by Gasteiger charge is -2.53. The zero-order valence-corrected chi connectivity index (χ0v) is 23.3. The van der Waals surface area contributed by atoms with Crippen molar-refractivity contribution in [1.82, 2.24) is 15.5 Å². The maximum Gasteiger partial charge on any atom is 0.408 e. The summed E-state index contributed by atoms with van der Waals surface area (Å²) in [7, 11) is 0. The first-order chi connectivity index (χ1) is 19.4. The largest absolute Gasteiger partial charge is 0.459 e. The first kappa shape index (κ1) is 29.8. The number of nitrogens with zero attached hydrogens (tertiary/aromatic N) is 2. The molecule has 2 unspecified atom stereocenters. The van der Waals surface area contributed by atoms with Crippen molar-refractivity contribution >= 4 is 41.3 Å². The fourth-order valence-electron chi connectivity index (χ4n) is 4.40. The summed E-state index contributed by atoms with van der Waals surface area (Å²) >= 11 is 1.20. The Morgan fingerprint density at radius 3 is 2.41 bits per heavy atom. The number of hydrogen-bond acceptors (Lipinski definition) is 10. The quantitative estimate of drug-likeness (QED) is 0.179. The number of fused-ring (bicyclic) bond motifs is 1. The van der Waals surface area contributed by atoms with E-state index in [1.807, 2.05) is 0 Å². The van der Waals surface area contributed by atoms with Crippen LogP contribution >= 0.6 is 11.8 Å². The number of aliphatic hydroxyl groups is 1. The summed E-state index contributed by atoms with van der Waals surface area (Å²) in [6.45, 7) is 4.85. The second-order valence-electron chi connectivity index (χ2n) is 10.5. The third-order valence-corrected chi connectivity index (χ3v) is 7.68. The van der Waals surface area contributed by atoms with E-state index in [4.69, 9.17) is 9.47 Å². The molecule has 2 aliphatic heterocycles. The van der Waals surface area contributed by atoms with Crippen LogP contribution in [0.25, 0.3) is 0 Å². The number of nitro benzene ring substituents is 1. The van der Waals surface area contributed by atoms with Gasteiger partial charge in [0.25, 0.3) is 5.69 Å². The number of amides is 3. The number of hydrogen-bond donors (Lipinski definition) is 3. The molecule has 2 fully saturated rings. The summed E-state index contributed by atoms with van der Waals surface area (Å²) in [6, 6.07) is 10.4. The van der Waals surface area contributed by atoms with E-state index in [-0.39, 0.29) is 18.0 Å². The number of non-ortho nitro benzene ring substituents is 1. The Balaban J connectivity index is 1.42. The molecule has 5 atom stereocenters. The molecule has 2 saturated heterocycles. The summed E-state index contributed by atoms with van der Waals surface area (Å²) in [4.78, 5) is 63.3. The van der Waals surface area contributed by atoms with Crippen molar-refractivity contribution in [2.24, 2.45) is 0 Å². The fraction of sp³-hybridized carbons (Fsp3) is 0.407. The lowest BCUT2D eigenvalue weighted by molar-refractivity contribution is -0.384. The molecule has 0 aliphatic carbocycles. The van der Waals surface area contributed by atoms with E-state index < -0.39 is 64.0 Å². The van der Waals surface area contributed by atoms with E-state index in [1.165, 1.54) is 40.9 Å². The van der Waals surface area contributed by atoms with Gasteiger partial charge in [0.2, 0.25) is 11.8 Å². The molecular weight excluding hydrogens is 556 g/mol. The van der Waals surface area contributed by atoms with Gasteiger partial charge in [0, 0.05) is 17.9 Å². The monoisotopic (exact) mass is 586 g/mol. The lowest BCUT2D eigenvalue weighted by Crippen LogP contribution is -2.77. The van der Waals surface area contributed by atoms with Crippen LogP contribution < -0.4 is 10.6 Å². The van der Waals surface area contributed by atoms with E-state index in [1.54, 1.807) is 51.1 Å². The van der Waals surface area contributed by atoms with Gasteiger partial charge in [-0.2, -0.15) is 0 Å². The Labute approximate surface area is 239 Å². The maximum atomic E-state index is 13.3. The van der Waals surface area contributed by atoms with Crippen LogP contribution in [0.15, 0.2) is 54.6 Å². The average molecular weight is 587 g/mol. The molecule has 0 radical (unpaired) electrons. The molecule has 13 nitrogen and oxygen atoms in total. The summed E-state index contributed by atoms with van der Waals surface area (Å²) in [5.41, 5.74) is 0.0507. The van der Waals surface area contributed by atoms with Crippen LogP contribution in [0.5, 0.6) is 0 Å². The predicted molar refractivity (Wildman–Crippen MR) is 146 cm³/mol. The summed E-state index contributed by atoms with van der Waals surface area (Å²) in [5.74, 6) is -1.97. The Hall–Kier alpha value is -4.17. The van der Waals surface area contributed by atoms with Crippen molar-refractivity contribution in [2.45, 2.75) is 62.6 Å². The van der Waals surface area contributed by atoms with Gasteiger partial charge in [-0.25, -0.2) is 9.59 Å². The van der Waals surface area contributed by atoms with Crippen molar-refractivity contribution in [3.63, 3.8) is 0 Å². The second-order valence-corrected chi connectivity index (χ2v) is 11.6. The van der Waals surface area contributed by atoms with E-state index in [2.05, 4.69) is 10.6 Å². The highest BCUT2D eigenvalue weighted by Gasteiger charge is 2.58. The minimum absolute atomic E-state index is 0.108. The molecule has 2 aliphatic rings. The molecule has 0 aromatic heterocycles. The molecule has 3 amide bonds. The van der Waals surface area contributed by atoms with Gasteiger partial charge in [-0.1, -0.05) is 30.3 Å². The van der Waals surface area contributed by atoms with E-state index in [9.17, 15) is 34.4 Å². The van der Waals surface area contributed by atoms with Crippen LogP contribution in [-0.4, -0.2) is 73.7 Å². The van der Waals surface area contributed by atoms with Gasteiger partial charge in [-0.3, -0.25) is 19.7 Å². The first-order valence-electron chi connectivity index (χ1n) is 12.7. The second kappa shape index (κ2) is 12.1. The summed E-state index contributed by atoms with van der Waals surface area (Å²) in [6.07, 6.45) is -2.01. The topological polar surface area (TPSA) is 177 Å². The zero-order chi connectivity index (χ0) is 29.9.